The molecule has 2 aliphatic rings. The van der Waals surface area contributed by atoms with Crippen LogP contribution in [-0.4, -0.2) is 56.4 Å². The number of aromatic nitrogens is 2. The van der Waals surface area contributed by atoms with Crippen LogP contribution in [0.4, 0.5) is 4.79 Å². The number of imide groups is 1. The van der Waals surface area contributed by atoms with Gasteiger partial charge < -0.3 is 20.5 Å². The standard InChI is InChI=1S/C23H29N5O5/c1-23(2)21(31)27(22(32)25-23)13-16-5-3-15(4-6-16)11-24-12-17-14-28(26-19(17)20(29)30)18-7-9-33-10-8-18/h3-6,14,18,24H,7-13H2,1-2H3,(H,25,32)(H,29,30). The zero-order chi connectivity index (χ0) is 23.6. The van der Waals surface area contributed by atoms with E-state index < -0.39 is 11.5 Å². The van der Waals surface area contributed by atoms with E-state index in [2.05, 4.69) is 15.7 Å². The van der Waals surface area contributed by atoms with E-state index in [-0.39, 0.29) is 30.2 Å². The smallest absolute Gasteiger partial charge is 0.356 e. The highest BCUT2D eigenvalue weighted by Crippen LogP contribution is 2.22. The number of amides is 3. The molecule has 0 spiro atoms. The number of carbonyl (C=O) groups excluding carboxylic acids is 2. The lowest BCUT2D eigenvalue weighted by atomic mass is 10.1. The summed E-state index contributed by atoms with van der Waals surface area (Å²) in [4.78, 5) is 37.2. The monoisotopic (exact) mass is 455 g/mol. The van der Waals surface area contributed by atoms with E-state index in [1.54, 1.807) is 18.5 Å². The molecule has 0 atom stereocenters. The van der Waals surface area contributed by atoms with Gasteiger partial charge in [0.2, 0.25) is 0 Å². The van der Waals surface area contributed by atoms with Crippen LogP contribution in [-0.2, 0) is 29.2 Å². The fourth-order valence-electron chi connectivity index (χ4n) is 4.12. The second kappa shape index (κ2) is 9.32. The molecule has 0 unspecified atom stereocenters. The average molecular weight is 456 g/mol. The van der Waals surface area contributed by atoms with Crippen molar-refractivity contribution in [3.63, 3.8) is 0 Å². The van der Waals surface area contributed by atoms with Crippen molar-refractivity contribution < 1.29 is 24.2 Å². The number of carboxylic acid groups (broad SMARTS) is 1. The fraction of sp³-hybridized carbons (Fsp3) is 0.478. The third-order valence-electron chi connectivity index (χ3n) is 6.03. The molecule has 176 valence electrons. The van der Waals surface area contributed by atoms with Gasteiger partial charge in [0.1, 0.15) is 5.54 Å². The number of hydrogen-bond acceptors (Lipinski definition) is 6. The number of ether oxygens (including phenoxy) is 1. The Morgan fingerprint density at radius 2 is 1.85 bits per heavy atom. The molecule has 0 saturated carbocycles. The number of urea groups is 1. The number of nitrogens with zero attached hydrogens (tertiary/aromatic N) is 3. The summed E-state index contributed by atoms with van der Waals surface area (Å²) < 4.78 is 7.13. The van der Waals surface area contributed by atoms with Crippen LogP contribution in [0.15, 0.2) is 30.5 Å². The summed E-state index contributed by atoms with van der Waals surface area (Å²) in [7, 11) is 0. The molecule has 1 aromatic carbocycles. The van der Waals surface area contributed by atoms with E-state index in [1.165, 1.54) is 4.90 Å². The summed E-state index contributed by atoms with van der Waals surface area (Å²) in [5.41, 5.74) is 1.69. The van der Waals surface area contributed by atoms with Crippen LogP contribution in [0, 0.1) is 0 Å². The van der Waals surface area contributed by atoms with Crippen molar-refractivity contribution in [1.29, 1.82) is 0 Å². The number of hydrogen-bond donors (Lipinski definition) is 3. The van der Waals surface area contributed by atoms with E-state index >= 15 is 0 Å². The third-order valence-corrected chi connectivity index (χ3v) is 6.03. The summed E-state index contributed by atoms with van der Waals surface area (Å²) >= 11 is 0. The summed E-state index contributed by atoms with van der Waals surface area (Å²) in [6, 6.07) is 7.40. The van der Waals surface area contributed by atoms with E-state index in [9.17, 15) is 19.5 Å². The first kappa shape index (κ1) is 22.9. The maximum Gasteiger partial charge on any atom is 0.356 e. The maximum atomic E-state index is 12.3. The Morgan fingerprint density at radius 3 is 2.45 bits per heavy atom. The highest BCUT2D eigenvalue weighted by atomic mass is 16.5. The van der Waals surface area contributed by atoms with Crippen molar-refractivity contribution in [3.8, 4) is 0 Å². The summed E-state index contributed by atoms with van der Waals surface area (Å²) in [5, 5.41) is 19.8. The first-order valence-corrected chi connectivity index (χ1v) is 11.1. The van der Waals surface area contributed by atoms with E-state index in [1.807, 2.05) is 30.5 Å². The predicted octanol–water partition coefficient (Wildman–Crippen LogP) is 2.05. The molecule has 4 rings (SSSR count). The van der Waals surface area contributed by atoms with Gasteiger partial charge in [-0.1, -0.05) is 24.3 Å². The average Bonchev–Trinajstić information content (AvgIpc) is 3.30. The molecule has 3 heterocycles. The lowest BCUT2D eigenvalue weighted by Crippen LogP contribution is -2.40. The Bertz CT molecular complexity index is 1040. The van der Waals surface area contributed by atoms with Gasteiger partial charge in [-0.3, -0.25) is 14.4 Å². The SMILES string of the molecule is CC1(C)NC(=O)N(Cc2ccc(CNCc3cn(C4CCOCC4)nc3C(=O)O)cc2)C1=O. The summed E-state index contributed by atoms with van der Waals surface area (Å²) in [6.45, 7) is 5.82. The molecule has 0 bridgehead atoms. The minimum absolute atomic E-state index is 0.0702. The highest BCUT2D eigenvalue weighted by molar-refractivity contribution is 6.06. The van der Waals surface area contributed by atoms with Crippen molar-refractivity contribution in [3.05, 3.63) is 52.8 Å². The number of nitrogens with one attached hydrogen (secondary N) is 2. The zero-order valence-corrected chi connectivity index (χ0v) is 18.8. The fourth-order valence-corrected chi connectivity index (χ4v) is 4.12. The van der Waals surface area contributed by atoms with Gasteiger partial charge in [-0.15, -0.1) is 0 Å². The minimum atomic E-state index is -1.04. The molecule has 2 aromatic rings. The van der Waals surface area contributed by atoms with Gasteiger partial charge in [0.05, 0.1) is 12.6 Å². The van der Waals surface area contributed by atoms with Gasteiger partial charge >= 0.3 is 12.0 Å². The zero-order valence-electron chi connectivity index (χ0n) is 18.8. The molecule has 0 aliphatic carbocycles. The molecular formula is C23H29N5O5. The molecule has 1 aromatic heterocycles. The van der Waals surface area contributed by atoms with E-state index in [0.717, 1.165) is 24.0 Å². The molecule has 10 nitrogen and oxygen atoms in total. The number of benzene rings is 1. The number of aromatic carboxylic acids is 1. The largest absolute Gasteiger partial charge is 0.476 e. The third kappa shape index (κ3) is 5.07. The van der Waals surface area contributed by atoms with Crippen molar-refractivity contribution in [2.75, 3.05) is 13.2 Å². The van der Waals surface area contributed by atoms with Crippen LogP contribution in [0.2, 0.25) is 0 Å². The molecule has 0 radical (unpaired) electrons. The summed E-state index contributed by atoms with van der Waals surface area (Å²) in [6.07, 6.45) is 3.46. The minimum Gasteiger partial charge on any atom is -0.476 e. The lowest BCUT2D eigenvalue weighted by molar-refractivity contribution is -0.130. The van der Waals surface area contributed by atoms with Gasteiger partial charge in [0.15, 0.2) is 5.69 Å². The van der Waals surface area contributed by atoms with Crippen LogP contribution < -0.4 is 10.6 Å². The second-order valence-corrected chi connectivity index (χ2v) is 9.00. The van der Waals surface area contributed by atoms with Crippen molar-refractivity contribution in [2.24, 2.45) is 0 Å². The molecular weight excluding hydrogens is 426 g/mol. The number of rotatable bonds is 8. The van der Waals surface area contributed by atoms with Crippen LogP contribution in [0.3, 0.4) is 0 Å². The Kier molecular flexibility index (Phi) is 6.48. The van der Waals surface area contributed by atoms with Crippen molar-refractivity contribution in [1.82, 2.24) is 25.3 Å². The number of carbonyl (C=O) groups is 3. The van der Waals surface area contributed by atoms with Gasteiger partial charge in [0.25, 0.3) is 5.91 Å². The Hall–Kier alpha value is -3.24. The molecule has 3 amide bonds. The molecule has 33 heavy (non-hydrogen) atoms. The van der Waals surface area contributed by atoms with Crippen LogP contribution in [0.1, 0.15) is 59.9 Å². The topological polar surface area (TPSA) is 126 Å². The van der Waals surface area contributed by atoms with Gasteiger partial charge in [-0.25, -0.2) is 9.59 Å². The first-order valence-electron chi connectivity index (χ1n) is 11.1. The molecule has 2 fully saturated rings. The molecule has 3 N–H and O–H groups in total. The molecule has 2 aliphatic heterocycles. The molecule has 10 heteroatoms. The Morgan fingerprint density at radius 1 is 1.18 bits per heavy atom. The molecule has 2 saturated heterocycles. The van der Waals surface area contributed by atoms with Crippen molar-refractivity contribution >= 4 is 17.9 Å². The van der Waals surface area contributed by atoms with Gasteiger partial charge in [-0.05, 0) is 37.8 Å². The van der Waals surface area contributed by atoms with Crippen LogP contribution in [0.5, 0.6) is 0 Å². The Balaban J connectivity index is 1.34. The van der Waals surface area contributed by atoms with Gasteiger partial charge in [-0.2, -0.15) is 5.10 Å². The van der Waals surface area contributed by atoms with Crippen LogP contribution in [0.25, 0.3) is 0 Å². The van der Waals surface area contributed by atoms with Crippen molar-refractivity contribution in [2.45, 2.75) is 57.9 Å². The van der Waals surface area contributed by atoms with E-state index in [0.29, 0.717) is 31.9 Å². The Labute approximate surface area is 191 Å². The van der Waals surface area contributed by atoms with Gasteiger partial charge in [0, 0.05) is 38.1 Å². The van der Waals surface area contributed by atoms with Crippen LogP contribution >= 0.6 is 0 Å². The second-order valence-electron chi connectivity index (χ2n) is 9.00. The lowest BCUT2D eigenvalue weighted by Gasteiger charge is -2.22. The quantitative estimate of drug-likeness (QED) is 0.520. The summed E-state index contributed by atoms with van der Waals surface area (Å²) in [5.74, 6) is -1.28. The first-order chi connectivity index (χ1) is 15.7. The maximum absolute atomic E-state index is 12.3. The highest BCUT2D eigenvalue weighted by Gasteiger charge is 2.44. The number of carboxylic acids is 1. The predicted molar refractivity (Wildman–Crippen MR) is 118 cm³/mol. The van der Waals surface area contributed by atoms with E-state index in [4.69, 9.17) is 4.74 Å². The normalized spacial score (nSPS) is 18.5.